The summed E-state index contributed by atoms with van der Waals surface area (Å²) >= 11 is 6.12. The van der Waals surface area contributed by atoms with Crippen molar-refractivity contribution in [2.45, 2.75) is 11.1 Å². The predicted molar refractivity (Wildman–Crippen MR) is 127 cm³/mol. The zero-order valence-corrected chi connectivity index (χ0v) is 16.6. The highest BCUT2D eigenvalue weighted by atomic mass is 35.5. The van der Waals surface area contributed by atoms with Crippen LogP contribution < -0.4 is 32.8 Å². The Bertz CT molecular complexity index is 1110. The molecule has 2 aromatic rings. The number of amides is 1. The highest BCUT2D eigenvalue weighted by Gasteiger charge is 2.31. The highest BCUT2D eigenvalue weighted by Crippen LogP contribution is 2.25. The lowest BCUT2D eigenvalue weighted by Gasteiger charge is -2.27. The summed E-state index contributed by atoms with van der Waals surface area (Å²) in [6, 6.07) is 0. The van der Waals surface area contributed by atoms with E-state index in [9.17, 15) is 14.7 Å². The number of nitrogens with zero attached hydrogens (tertiary/aromatic N) is 1. The number of halogens is 1. The Morgan fingerprint density at radius 1 is 0.968 bits per heavy atom. The molecule has 0 saturated heterocycles. The molecule has 3 N–H and O–H groups in total. The van der Waals surface area contributed by atoms with Crippen LogP contribution in [0.25, 0.3) is 11.1 Å². The van der Waals surface area contributed by atoms with Crippen LogP contribution in [0.1, 0.15) is 21.8 Å². The molecule has 6 nitrogen and oxygen atoms in total. The summed E-state index contributed by atoms with van der Waals surface area (Å²) in [5, 5.41) is 18.3. The molecule has 1 heterocycles. The predicted octanol–water partition coefficient (Wildman–Crippen LogP) is -5.78. The third kappa shape index (κ3) is 4.47. The van der Waals surface area contributed by atoms with E-state index in [1.165, 1.54) is 0 Å². The van der Waals surface area contributed by atoms with Crippen LogP contribution in [0.5, 0.6) is 5.75 Å². The van der Waals surface area contributed by atoms with Crippen LogP contribution in [0.4, 0.5) is 0 Å². The summed E-state index contributed by atoms with van der Waals surface area (Å²) in [5.41, 5.74) is -3.57. The molecule has 0 atom stereocenters. The van der Waals surface area contributed by atoms with Gasteiger partial charge in [0.15, 0.2) is 5.69 Å². The van der Waals surface area contributed by atoms with E-state index in [-0.39, 0.29) is 38.1 Å². The first-order chi connectivity index (χ1) is 14.1. The number of carbonyl (C=O) groups is 2. The van der Waals surface area contributed by atoms with E-state index in [1.54, 1.807) is 5.32 Å². The molecular formula is C15H4B9ClN2O4. The standard InChI is InChI=1S/C15H4B9ClN2O4/c16-4-2(11(20)21)1(5(17)8(25)7(4)19)3-6(18)10(28)9(26-12(3)22)13(29)27-15(23,24)14(30)31/h11,28H,(H,27,29)(H,30,31). The van der Waals surface area contributed by atoms with Crippen LogP contribution in [0, 0.1) is 0 Å². The summed E-state index contributed by atoms with van der Waals surface area (Å²) in [6.07, 6.45) is 0. The summed E-state index contributed by atoms with van der Waals surface area (Å²) in [4.78, 5) is 27.1. The molecule has 0 spiro atoms. The number of hydrogen-bond donors (Lipinski definition) is 3. The van der Waals surface area contributed by atoms with E-state index in [2.05, 4.69) is 4.98 Å². The number of aromatic hydroxyl groups is 1. The van der Waals surface area contributed by atoms with E-state index < -0.39 is 45.4 Å². The minimum atomic E-state index is -2.67. The zero-order valence-electron chi connectivity index (χ0n) is 15.8. The van der Waals surface area contributed by atoms with Crippen LogP contribution in [-0.2, 0) is 4.79 Å². The van der Waals surface area contributed by atoms with Crippen molar-refractivity contribution < 1.29 is 19.8 Å². The average Bonchev–Trinajstić information content (AvgIpc) is 2.66. The summed E-state index contributed by atoms with van der Waals surface area (Å²) in [5.74, 6) is -3.95. The molecule has 0 unspecified atom stereocenters. The number of aromatic nitrogens is 1. The van der Waals surface area contributed by atoms with Crippen LogP contribution in [0.15, 0.2) is 0 Å². The number of aliphatic carboxylic acids is 1. The molecule has 16 heteroatoms. The van der Waals surface area contributed by atoms with Crippen molar-refractivity contribution in [2.24, 2.45) is 0 Å². The Hall–Kier alpha value is -2.02. The third-order valence-corrected chi connectivity index (χ3v) is 4.71. The maximum Gasteiger partial charge on any atom is 0.310 e. The van der Waals surface area contributed by atoms with Gasteiger partial charge < -0.3 is 15.5 Å². The molecule has 1 aromatic carbocycles. The van der Waals surface area contributed by atoms with Crippen molar-refractivity contribution >= 4 is 122 Å². The quantitative estimate of drug-likeness (QED) is 0.428. The second kappa shape index (κ2) is 8.85. The van der Waals surface area contributed by atoms with Crippen molar-refractivity contribution in [1.29, 1.82) is 0 Å². The first-order valence-electron chi connectivity index (χ1n) is 8.22. The smallest absolute Gasteiger partial charge is 0.310 e. The molecule has 1 amide bonds. The van der Waals surface area contributed by atoms with Gasteiger partial charge in [-0.15, -0.1) is 0 Å². The van der Waals surface area contributed by atoms with Crippen molar-refractivity contribution in [3.05, 3.63) is 16.3 Å². The van der Waals surface area contributed by atoms with Gasteiger partial charge >= 0.3 is 5.97 Å². The normalized spacial score (nSPS) is 11.4. The molecule has 0 aliphatic heterocycles. The topological polar surface area (TPSA) is 99.5 Å². The second-order valence-corrected chi connectivity index (χ2v) is 6.86. The number of nitrogens with one attached hydrogen (secondary N) is 1. The van der Waals surface area contributed by atoms with Gasteiger partial charge in [0.1, 0.15) is 60.7 Å². The Kier molecular flexibility index (Phi) is 7.21. The van der Waals surface area contributed by atoms with Gasteiger partial charge in [0.05, 0.1) is 21.0 Å². The van der Waals surface area contributed by atoms with E-state index >= 15 is 0 Å². The van der Waals surface area contributed by atoms with Gasteiger partial charge in [-0.25, -0.2) is 0 Å². The molecule has 0 bridgehead atoms. The lowest BCUT2D eigenvalue weighted by molar-refractivity contribution is -0.138. The minimum Gasteiger partial charge on any atom is -0.506 e. The van der Waals surface area contributed by atoms with Gasteiger partial charge in [-0.3, -0.25) is 14.6 Å². The Balaban J connectivity index is 2.80. The molecule has 18 radical (unpaired) electrons. The van der Waals surface area contributed by atoms with Gasteiger partial charge in [-0.05, 0) is 22.2 Å². The molecule has 0 aliphatic carbocycles. The number of hydrogen-bond acceptors (Lipinski definition) is 4. The van der Waals surface area contributed by atoms with Gasteiger partial charge in [-0.1, -0.05) is 39.3 Å². The minimum absolute atomic E-state index is 0.00464. The van der Waals surface area contributed by atoms with E-state index in [0.717, 1.165) is 0 Å². The van der Waals surface area contributed by atoms with Gasteiger partial charge in [0.25, 0.3) is 5.91 Å². The molecular weight excluding hydrogens is 405 g/mol. The maximum atomic E-state index is 12.3. The third-order valence-electron chi connectivity index (χ3n) is 4.30. The number of carboxylic acid groups (broad SMARTS) is 1. The maximum absolute atomic E-state index is 12.3. The first kappa shape index (κ1) is 25.2. The Morgan fingerprint density at radius 2 is 1.52 bits per heavy atom. The fourth-order valence-electron chi connectivity index (χ4n) is 2.75. The largest absolute Gasteiger partial charge is 0.506 e. The fourth-order valence-corrected chi connectivity index (χ4v) is 2.94. The number of carboxylic acids is 1. The zero-order chi connectivity index (χ0) is 24.0. The highest BCUT2D eigenvalue weighted by molar-refractivity contribution is 6.62. The lowest BCUT2D eigenvalue weighted by Crippen LogP contribution is -2.56. The van der Waals surface area contributed by atoms with E-state index in [4.69, 9.17) is 87.3 Å². The van der Waals surface area contributed by atoms with Gasteiger partial charge in [-0.2, -0.15) is 0 Å². The molecule has 2 rings (SSSR count). The SMILES string of the molecule is [B]c1nc(C(=O)NC([B])([B])C(=O)O)c(O)c([B])c1-c1c([B])c(Cl)c([B])c([B])c1C([B])[B]. The van der Waals surface area contributed by atoms with Crippen LogP contribution in [0.2, 0.25) is 5.02 Å². The molecule has 0 fully saturated rings. The summed E-state index contributed by atoms with van der Waals surface area (Å²) in [6.45, 7) is 0. The molecule has 1 aromatic heterocycles. The first-order valence-corrected chi connectivity index (χ1v) is 8.60. The van der Waals surface area contributed by atoms with Crippen molar-refractivity contribution in [1.82, 2.24) is 10.3 Å². The summed E-state index contributed by atoms with van der Waals surface area (Å²) < 4.78 is 0. The number of rotatable bonds is 5. The monoisotopic (exact) mass is 410 g/mol. The van der Waals surface area contributed by atoms with Crippen LogP contribution >= 0.6 is 11.6 Å². The molecule has 0 saturated carbocycles. The van der Waals surface area contributed by atoms with Crippen LogP contribution in [0.3, 0.4) is 0 Å². The van der Waals surface area contributed by atoms with Crippen LogP contribution in [-0.4, -0.2) is 103 Å². The van der Waals surface area contributed by atoms with Gasteiger partial charge in [0.2, 0.25) is 0 Å². The summed E-state index contributed by atoms with van der Waals surface area (Å²) in [7, 11) is 51.8. The fraction of sp³-hybridized carbons (Fsp3) is 0.133. The average molecular weight is 409 g/mol. The van der Waals surface area contributed by atoms with Crippen molar-refractivity contribution in [3.8, 4) is 16.9 Å². The molecule has 0 aliphatic rings. The number of pyridine rings is 1. The van der Waals surface area contributed by atoms with E-state index in [0.29, 0.717) is 0 Å². The van der Waals surface area contributed by atoms with E-state index in [1.807, 2.05) is 0 Å². The number of carbonyl (C=O) groups excluding carboxylic acids is 1. The second-order valence-electron chi connectivity index (χ2n) is 6.48. The molecule has 31 heavy (non-hydrogen) atoms. The van der Waals surface area contributed by atoms with Gasteiger partial charge in [0, 0.05) is 5.02 Å². The Morgan fingerprint density at radius 3 is 2.00 bits per heavy atom. The molecule has 132 valence electrons. The van der Waals surface area contributed by atoms with Crippen molar-refractivity contribution in [3.63, 3.8) is 0 Å². The number of benzene rings is 1. The Labute approximate surface area is 195 Å². The lowest BCUT2D eigenvalue weighted by atomic mass is 9.57. The van der Waals surface area contributed by atoms with Crippen molar-refractivity contribution in [2.75, 3.05) is 0 Å².